The van der Waals surface area contributed by atoms with Gasteiger partial charge in [0.15, 0.2) is 0 Å². The fraction of sp³-hybridized carbons (Fsp3) is 0.286. The topological polar surface area (TPSA) is 113 Å². The van der Waals surface area contributed by atoms with Crippen LogP contribution in [0.25, 0.3) is 10.4 Å². The number of aromatic nitrogens is 1. The number of fused-ring (bicyclic) bond motifs is 4. The highest BCUT2D eigenvalue weighted by Crippen LogP contribution is 2.44. The van der Waals surface area contributed by atoms with Gasteiger partial charge in [0, 0.05) is 71.9 Å². The number of thiophene rings is 1. The van der Waals surface area contributed by atoms with E-state index in [0.29, 0.717) is 60.1 Å². The lowest BCUT2D eigenvalue weighted by Crippen LogP contribution is -2.59. The normalized spacial score (nSPS) is 17.0. The first kappa shape index (κ1) is 35.6. The Labute approximate surface area is 326 Å². The van der Waals surface area contributed by atoms with Crippen LogP contribution in [0.1, 0.15) is 60.1 Å². The number of hydrogen-bond donors (Lipinski definition) is 2. The largest absolute Gasteiger partial charge is 0.381 e. The Morgan fingerprint density at radius 1 is 0.855 bits per heavy atom. The molecular formula is C42H37ClFN5O5S. The number of carbonyl (C=O) groups excluding carboxylic acids is 3. The van der Waals surface area contributed by atoms with E-state index in [0.717, 1.165) is 72.1 Å². The second kappa shape index (κ2) is 14.5. The van der Waals surface area contributed by atoms with Crippen molar-refractivity contribution in [1.29, 1.82) is 0 Å². The maximum atomic E-state index is 14.4. The lowest BCUT2D eigenvalue weighted by molar-refractivity contribution is -0.000550. The number of hydrogen-bond acceptors (Lipinski definition) is 8. The van der Waals surface area contributed by atoms with Gasteiger partial charge in [0.2, 0.25) is 0 Å². The SMILES string of the molecule is O=C(Nc1c(F)cccc1Cl)c1cc2c(s1)-c1ccccc1N(C(=O)c1ccc(NC(=O)c3cc4c(nc3N3CC5(CCOCC5)C3)CCOC4)cc1)CC2. The number of nitrogens with one attached hydrogen (secondary N) is 2. The predicted molar refractivity (Wildman–Crippen MR) is 211 cm³/mol. The zero-order valence-electron chi connectivity index (χ0n) is 29.8. The van der Waals surface area contributed by atoms with Gasteiger partial charge in [-0.25, -0.2) is 9.37 Å². The van der Waals surface area contributed by atoms with Gasteiger partial charge in [-0.3, -0.25) is 14.4 Å². The van der Waals surface area contributed by atoms with Gasteiger partial charge in [-0.2, -0.15) is 0 Å². The summed E-state index contributed by atoms with van der Waals surface area (Å²) in [5, 5.41) is 5.77. The van der Waals surface area contributed by atoms with Crippen molar-refractivity contribution in [3.05, 3.63) is 123 Å². The zero-order chi connectivity index (χ0) is 37.7. The summed E-state index contributed by atoms with van der Waals surface area (Å²) < 4.78 is 25.7. The summed E-state index contributed by atoms with van der Waals surface area (Å²) in [6, 6.07) is 22.5. The molecular weight excluding hydrogens is 741 g/mol. The van der Waals surface area contributed by atoms with Crippen LogP contribution in [0.15, 0.2) is 78.9 Å². The van der Waals surface area contributed by atoms with E-state index in [1.165, 1.54) is 29.5 Å². The number of halogens is 2. The summed E-state index contributed by atoms with van der Waals surface area (Å²) in [5.41, 5.74) is 6.07. The Hall–Kier alpha value is -5.14. The van der Waals surface area contributed by atoms with E-state index >= 15 is 0 Å². The Bertz CT molecular complexity index is 2320. The second-order valence-electron chi connectivity index (χ2n) is 14.5. The number of amides is 3. The molecule has 4 aliphatic rings. The van der Waals surface area contributed by atoms with Crippen molar-refractivity contribution >= 4 is 63.5 Å². The van der Waals surface area contributed by atoms with Gasteiger partial charge in [-0.15, -0.1) is 11.3 Å². The molecule has 6 heterocycles. The number of ether oxygens (including phenoxy) is 2. The van der Waals surface area contributed by atoms with Crippen LogP contribution in [0.2, 0.25) is 5.02 Å². The summed E-state index contributed by atoms with van der Waals surface area (Å²) in [4.78, 5) is 51.5. The van der Waals surface area contributed by atoms with Crippen molar-refractivity contribution in [3.8, 4) is 10.4 Å². The summed E-state index contributed by atoms with van der Waals surface area (Å²) in [6.45, 7) is 4.66. The third kappa shape index (κ3) is 6.77. The number of anilines is 4. The molecule has 4 aliphatic heterocycles. The lowest BCUT2D eigenvalue weighted by Gasteiger charge is -2.53. The lowest BCUT2D eigenvalue weighted by atomic mass is 9.73. The molecule has 0 unspecified atom stereocenters. The van der Waals surface area contributed by atoms with Crippen LogP contribution in [0.4, 0.5) is 27.3 Å². The number of benzene rings is 3. The van der Waals surface area contributed by atoms with Crippen molar-refractivity contribution < 1.29 is 28.2 Å². The van der Waals surface area contributed by atoms with E-state index < -0.39 is 11.7 Å². The average molecular weight is 778 g/mol. The Morgan fingerprint density at radius 2 is 1.65 bits per heavy atom. The molecule has 5 aromatic rings. The van der Waals surface area contributed by atoms with Crippen molar-refractivity contribution in [2.24, 2.45) is 5.41 Å². The minimum absolute atomic E-state index is 0.0637. The molecule has 3 aromatic carbocycles. The average Bonchev–Trinajstić information content (AvgIpc) is 3.56. The molecule has 9 rings (SSSR count). The fourth-order valence-corrected chi connectivity index (χ4v) is 9.33. The summed E-state index contributed by atoms with van der Waals surface area (Å²) in [6.07, 6.45) is 3.25. The van der Waals surface area contributed by atoms with Crippen LogP contribution in [0.5, 0.6) is 0 Å². The summed E-state index contributed by atoms with van der Waals surface area (Å²) in [7, 11) is 0. The standard InChI is InChI=1S/C42H37ClFN5O5S/c43-31-5-3-6-32(44)36(31)47-40(51)35-21-26-12-16-49(34-7-2-1-4-29(34)37(26)55-35)41(52)25-8-10-28(11-9-25)45-39(50)30-20-27-22-54-17-13-33(27)46-38(30)48-23-42(24-48)14-18-53-19-15-42/h1-11,20-21H,12-19,22-24H2,(H,45,50)(H,47,51). The first-order valence-corrected chi connectivity index (χ1v) is 19.6. The van der Waals surface area contributed by atoms with Crippen LogP contribution in [0, 0.1) is 11.2 Å². The minimum atomic E-state index is -0.615. The molecule has 10 nitrogen and oxygen atoms in total. The van der Waals surface area contributed by atoms with Gasteiger partial charge in [0.1, 0.15) is 11.6 Å². The minimum Gasteiger partial charge on any atom is -0.381 e. The van der Waals surface area contributed by atoms with Crippen LogP contribution in [-0.2, 0) is 28.9 Å². The van der Waals surface area contributed by atoms with E-state index in [-0.39, 0.29) is 27.9 Å². The van der Waals surface area contributed by atoms with E-state index in [1.54, 1.807) is 35.2 Å². The number of carbonyl (C=O) groups is 3. The summed E-state index contributed by atoms with van der Waals surface area (Å²) >= 11 is 7.44. The molecule has 280 valence electrons. The number of pyridine rings is 1. The molecule has 2 N–H and O–H groups in total. The van der Waals surface area contributed by atoms with Crippen molar-refractivity contribution in [2.45, 2.75) is 32.3 Å². The molecule has 0 bridgehead atoms. The third-order valence-electron chi connectivity index (χ3n) is 11.0. The number of nitrogens with zero attached hydrogens (tertiary/aromatic N) is 3. The van der Waals surface area contributed by atoms with Gasteiger partial charge in [-0.05, 0) is 79.4 Å². The number of rotatable bonds is 6. The molecule has 0 radical (unpaired) electrons. The van der Waals surface area contributed by atoms with Crippen LogP contribution >= 0.6 is 22.9 Å². The van der Waals surface area contributed by atoms with E-state index in [1.807, 2.05) is 30.3 Å². The highest BCUT2D eigenvalue weighted by atomic mass is 35.5. The molecule has 2 aromatic heterocycles. The summed E-state index contributed by atoms with van der Waals surface area (Å²) in [5.74, 6) is -0.817. The third-order valence-corrected chi connectivity index (χ3v) is 12.5. The van der Waals surface area contributed by atoms with Crippen LogP contribution in [0.3, 0.4) is 0 Å². The highest BCUT2D eigenvalue weighted by molar-refractivity contribution is 7.17. The zero-order valence-corrected chi connectivity index (χ0v) is 31.4. The maximum absolute atomic E-state index is 14.4. The van der Waals surface area contributed by atoms with Gasteiger partial charge in [0.05, 0.1) is 45.7 Å². The second-order valence-corrected chi connectivity index (χ2v) is 16.0. The molecule has 13 heteroatoms. The Morgan fingerprint density at radius 3 is 2.45 bits per heavy atom. The van der Waals surface area contributed by atoms with E-state index in [4.69, 9.17) is 26.1 Å². The van der Waals surface area contributed by atoms with Gasteiger partial charge >= 0.3 is 0 Å². The van der Waals surface area contributed by atoms with E-state index in [2.05, 4.69) is 15.5 Å². The maximum Gasteiger partial charge on any atom is 0.265 e. The van der Waals surface area contributed by atoms with Crippen molar-refractivity contribution in [3.63, 3.8) is 0 Å². The highest BCUT2D eigenvalue weighted by Gasteiger charge is 2.45. The molecule has 3 amide bonds. The smallest absolute Gasteiger partial charge is 0.265 e. The molecule has 2 fully saturated rings. The van der Waals surface area contributed by atoms with Crippen LogP contribution in [-0.4, -0.2) is 62.2 Å². The van der Waals surface area contributed by atoms with Gasteiger partial charge in [0.25, 0.3) is 17.7 Å². The van der Waals surface area contributed by atoms with Gasteiger partial charge in [-0.1, -0.05) is 35.9 Å². The monoisotopic (exact) mass is 777 g/mol. The number of para-hydroxylation sites is 2. The quantitative estimate of drug-likeness (QED) is 0.180. The Balaban J connectivity index is 0.920. The van der Waals surface area contributed by atoms with Crippen LogP contribution < -0.4 is 20.4 Å². The Kier molecular flexibility index (Phi) is 9.37. The molecule has 55 heavy (non-hydrogen) atoms. The molecule has 0 saturated carbocycles. The first-order valence-electron chi connectivity index (χ1n) is 18.4. The fourth-order valence-electron chi connectivity index (χ4n) is 7.98. The molecule has 1 spiro atoms. The van der Waals surface area contributed by atoms with E-state index in [9.17, 15) is 18.8 Å². The molecule has 0 atom stereocenters. The molecule has 2 saturated heterocycles. The molecule has 0 aliphatic carbocycles. The van der Waals surface area contributed by atoms with Gasteiger partial charge < -0.3 is 29.9 Å². The predicted octanol–water partition coefficient (Wildman–Crippen LogP) is 8.00. The van der Waals surface area contributed by atoms with Crippen molar-refractivity contribution in [2.75, 3.05) is 59.9 Å². The first-order chi connectivity index (χ1) is 26.7. The van der Waals surface area contributed by atoms with Crippen molar-refractivity contribution in [1.82, 2.24) is 4.98 Å².